The molecule has 3 heterocycles. The molecule has 0 bridgehead atoms. The number of aromatic hydroxyl groups is 1. The van der Waals surface area contributed by atoms with Crippen LogP contribution in [0.5, 0.6) is 5.75 Å². The number of H-pyrrole nitrogens is 1. The maximum absolute atomic E-state index is 13.5. The molecular weight excluding hydrogens is 496 g/mol. The van der Waals surface area contributed by atoms with Crippen LogP contribution in [0.4, 0.5) is 11.4 Å². The monoisotopic (exact) mass is 518 g/mol. The van der Waals surface area contributed by atoms with Gasteiger partial charge in [-0.05, 0) is 77.4 Å². The number of hydrogen-bond acceptors (Lipinski definition) is 9. The number of tetrazole rings is 1. The van der Waals surface area contributed by atoms with Crippen LogP contribution < -0.4 is 10.4 Å². The maximum Gasteiger partial charge on any atom is 0.301 e. The second-order valence-electron chi connectivity index (χ2n) is 8.92. The van der Waals surface area contributed by atoms with Crippen molar-refractivity contribution in [3.63, 3.8) is 0 Å². The first kappa shape index (κ1) is 23.8. The molecule has 1 aliphatic rings. The van der Waals surface area contributed by atoms with Gasteiger partial charge in [-0.1, -0.05) is 36.4 Å². The van der Waals surface area contributed by atoms with E-state index in [-0.39, 0.29) is 17.2 Å². The van der Waals surface area contributed by atoms with E-state index in [4.69, 9.17) is 4.42 Å². The van der Waals surface area contributed by atoms with Crippen LogP contribution in [-0.2, 0) is 4.79 Å². The maximum atomic E-state index is 13.5. The summed E-state index contributed by atoms with van der Waals surface area (Å²) >= 11 is 0. The van der Waals surface area contributed by atoms with E-state index in [1.165, 1.54) is 11.3 Å². The zero-order chi connectivity index (χ0) is 26.9. The zero-order valence-corrected chi connectivity index (χ0v) is 21.0. The molecule has 1 amide bonds. The molecule has 0 fully saturated rings. The Balaban J connectivity index is 1.34. The number of amides is 1. The fourth-order valence-corrected chi connectivity index (χ4v) is 4.21. The minimum Gasteiger partial charge on any atom is -0.505 e. The first-order valence-electron chi connectivity index (χ1n) is 12.0. The van der Waals surface area contributed by atoms with Crippen LogP contribution in [0.2, 0.25) is 0 Å². The van der Waals surface area contributed by atoms with Crippen LogP contribution in [0.1, 0.15) is 16.9 Å². The second-order valence-corrected chi connectivity index (χ2v) is 8.92. The Morgan fingerprint density at radius 2 is 1.82 bits per heavy atom. The number of aromatic amines is 1. The molecule has 0 unspecified atom stereocenters. The molecule has 0 atom stereocenters. The molecule has 0 radical (unpaired) electrons. The van der Waals surface area contributed by atoms with Crippen LogP contribution in [0.3, 0.4) is 0 Å². The quantitative estimate of drug-likeness (QED) is 0.219. The van der Waals surface area contributed by atoms with E-state index in [1.54, 1.807) is 30.3 Å². The van der Waals surface area contributed by atoms with Crippen molar-refractivity contribution in [3.8, 4) is 28.3 Å². The highest BCUT2D eigenvalue weighted by Crippen LogP contribution is 2.36. The summed E-state index contributed by atoms with van der Waals surface area (Å²) in [7, 11) is 0. The molecule has 3 N–H and O–H groups in total. The molecule has 11 heteroatoms. The number of carbonyl (C=O) groups excluding carboxylic acids is 1. The number of furan rings is 1. The highest BCUT2D eigenvalue weighted by molar-refractivity contribution is 6.74. The molecule has 2 aromatic heterocycles. The van der Waals surface area contributed by atoms with Crippen molar-refractivity contribution in [3.05, 3.63) is 95.9 Å². The van der Waals surface area contributed by atoms with E-state index in [2.05, 4.69) is 36.3 Å². The van der Waals surface area contributed by atoms with Crippen molar-refractivity contribution < 1.29 is 14.3 Å². The Kier molecular flexibility index (Phi) is 5.92. The molecule has 0 saturated carbocycles. The topological polar surface area (TPSA) is 145 Å². The van der Waals surface area contributed by atoms with Gasteiger partial charge >= 0.3 is 5.91 Å². The minimum absolute atomic E-state index is 0.0392. The van der Waals surface area contributed by atoms with Gasteiger partial charge in [0.1, 0.15) is 5.75 Å². The number of carbonyl (C=O) groups is 1. The minimum atomic E-state index is -0.429. The Hall–Kier alpha value is -5.58. The molecule has 0 aliphatic carbocycles. The van der Waals surface area contributed by atoms with E-state index < -0.39 is 5.91 Å². The number of nitrogens with zero attached hydrogens (tertiary/aromatic N) is 6. The number of nitrogens with one attached hydrogen (secondary N) is 2. The van der Waals surface area contributed by atoms with Gasteiger partial charge < -0.3 is 9.52 Å². The summed E-state index contributed by atoms with van der Waals surface area (Å²) in [5.74, 6) is 0.436. The first-order chi connectivity index (χ1) is 19.0. The summed E-state index contributed by atoms with van der Waals surface area (Å²) in [6.45, 7) is 3.97. The fraction of sp³-hybridized carbons (Fsp3) is 0.0714. The highest BCUT2D eigenvalue weighted by Gasteiger charge is 2.35. The molecule has 3 aromatic carbocycles. The van der Waals surface area contributed by atoms with Crippen LogP contribution in [0.25, 0.3) is 22.5 Å². The Morgan fingerprint density at radius 3 is 2.59 bits per heavy atom. The van der Waals surface area contributed by atoms with Gasteiger partial charge in [-0.2, -0.15) is 15.2 Å². The number of hydrogen-bond donors (Lipinski definition) is 3. The van der Waals surface area contributed by atoms with Crippen molar-refractivity contribution in [2.45, 2.75) is 13.8 Å². The lowest BCUT2D eigenvalue weighted by atomic mass is 10.0. The van der Waals surface area contributed by atoms with Gasteiger partial charge in [-0.25, -0.2) is 5.10 Å². The number of phenols is 1. The normalized spacial score (nSPS) is 14.2. The van der Waals surface area contributed by atoms with Gasteiger partial charge in [-0.15, -0.1) is 5.10 Å². The Labute approximate surface area is 222 Å². The molecule has 11 nitrogen and oxygen atoms in total. The number of aromatic nitrogens is 4. The molecular formula is C28H22N8O3. The van der Waals surface area contributed by atoms with Crippen molar-refractivity contribution in [2.24, 2.45) is 10.2 Å². The second kappa shape index (κ2) is 9.71. The lowest BCUT2D eigenvalue weighted by Gasteiger charge is -2.13. The van der Waals surface area contributed by atoms with E-state index in [9.17, 15) is 9.90 Å². The zero-order valence-electron chi connectivity index (χ0n) is 21.0. The Morgan fingerprint density at radius 1 is 0.974 bits per heavy atom. The number of anilines is 2. The molecule has 192 valence electrons. The van der Waals surface area contributed by atoms with Crippen LogP contribution >= 0.6 is 0 Å². The summed E-state index contributed by atoms with van der Waals surface area (Å²) in [4.78, 5) is 13.5. The van der Waals surface area contributed by atoms with E-state index in [0.717, 1.165) is 22.3 Å². The Bertz CT molecular complexity index is 1740. The van der Waals surface area contributed by atoms with Crippen LogP contribution in [0, 0.1) is 13.8 Å². The van der Waals surface area contributed by atoms with Gasteiger partial charge in [0, 0.05) is 11.1 Å². The van der Waals surface area contributed by atoms with Crippen molar-refractivity contribution in [1.82, 2.24) is 20.6 Å². The van der Waals surface area contributed by atoms with E-state index in [1.807, 2.05) is 56.3 Å². The number of phenolic OH excluding ortho intramolecular Hbond substituents is 1. The average Bonchev–Trinajstić information content (AvgIpc) is 3.72. The average molecular weight is 519 g/mol. The van der Waals surface area contributed by atoms with Crippen molar-refractivity contribution in [1.29, 1.82) is 0 Å². The molecule has 39 heavy (non-hydrogen) atoms. The number of rotatable bonds is 6. The number of benzene rings is 3. The van der Waals surface area contributed by atoms with Gasteiger partial charge in [-0.3, -0.25) is 10.2 Å². The number of aryl methyl sites for hydroxylation is 2. The first-order valence-corrected chi connectivity index (χ1v) is 12.0. The molecule has 6 rings (SSSR count). The summed E-state index contributed by atoms with van der Waals surface area (Å²) in [5, 5.41) is 35.2. The largest absolute Gasteiger partial charge is 0.505 e. The van der Waals surface area contributed by atoms with Gasteiger partial charge in [0.2, 0.25) is 0 Å². The summed E-state index contributed by atoms with van der Waals surface area (Å²) in [5.41, 5.74) is 8.30. The summed E-state index contributed by atoms with van der Waals surface area (Å²) in [6.07, 6.45) is 1.50. The van der Waals surface area contributed by atoms with Gasteiger partial charge in [0.25, 0.3) is 0 Å². The standard InChI is InChI=1S/C28H22N8O3/c1-16-11-12-20(14-17(16)2)36-28(38)25(24(33-36)23-10-5-13-39-23)30-29-22-9-4-8-21(26(22)37)18-6-3-7-19(15-18)27-31-34-35-32-27/h3-15,29,37H,1-2H3,(H,31,32,34,35)/b30-25-. The number of para-hydroxylation sites is 1. The van der Waals surface area contributed by atoms with Crippen LogP contribution in [-0.4, -0.2) is 43.1 Å². The third-order valence-electron chi connectivity index (χ3n) is 6.43. The third-order valence-corrected chi connectivity index (χ3v) is 6.43. The smallest absolute Gasteiger partial charge is 0.301 e. The highest BCUT2D eigenvalue weighted by atomic mass is 16.3. The lowest BCUT2D eigenvalue weighted by Crippen LogP contribution is -2.28. The van der Waals surface area contributed by atoms with Crippen molar-refractivity contribution in [2.75, 3.05) is 10.4 Å². The third kappa shape index (κ3) is 4.42. The van der Waals surface area contributed by atoms with Crippen molar-refractivity contribution >= 4 is 28.7 Å². The predicted octanol–water partition coefficient (Wildman–Crippen LogP) is 4.67. The summed E-state index contributed by atoms with van der Waals surface area (Å²) < 4.78 is 5.53. The van der Waals surface area contributed by atoms with E-state index in [0.29, 0.717) is 28.5 Å². The van der Waals surface area contributed by atoms with Gasteiger partial charge in [0.05, 0.1) is 17.6 Å². The SMILES string of the molecule is Cc1ccc(N2N=C(c3ccco3)/C(=N/Nc3cccc(-c4cccc(-c5nnn[nH]5)c4)c3O)C2=O)cc1C. The molecule has 0 spiro atoms. The molecule has 1 aliphatic heterocycles. The predicted molar refractivity (Wildman–Crippen MR) is 146 cm³/mol. The fourth-order valence-electron chi connectivity index (χ4n) is 4.21. The van der Waals surface area contributed by atoms with Gasteiger partial charge in [0.15, 0.2) is 23.0 Å². The summed E-state index contributed by atoms with van der Waals surface area (Å²) in [6, 6.07) is 21.7. The van der Waals surface area contributed by atoms with E-state index >= 15 is 0 Å². The number of hydrazone groups is 2. The lowest BCUT2D eigenvalue weighted by molar-refractivity contribution is -0.112. The molecule has 0 saturated heterocycles. The van der Waals surface area contributed by atoms with Crippen LogP contribution in [0.15, 0.2) is 93.7 Å². The molecule has 5 aromatic rings.